The Hall–Kier alpha value is -3.05. The Balaban J connectivity index is 2.05. The quantitative estimate of drug-likeness (QED) is 0.511. The van der Waals surface area contributed by atoms with Crippen molar-refractivity contribution in [3.05, 3.63) is 41.5 Å². The Morgan fingerprint density at radius 2 is 2.10 bits per heavy atom. The molecule has 4 rings (SSSR count). The summed E-state index contributed by atoms with van der Waals surface area (Å²) < 4.78 is 48.9. The number of nitrogens with one attached hydrogen (secondary N) is 1. The van der Waals surface area contributed by atoms with Crippen LogP contribution in [-0.2, 0) is 7.05 Å². The van der Waals surface area contributed by atoms with Crippen LogP contribution in [0.1, 0.15) is 11.9 Å². The lowest BCUT2D eigenvalue weighted by Gasteiger charge is -2.07. The average Bonchev–Trinajstić information content (AvgIpc) is 3.42. The molecule has 8 nitrogen and oxygen atoms in total. The molecular weight excluding hydrogens is 413 g/mol. The predicted molar refractivity (Wildman–Crippen MR) is 97.9 cm³/mol. The Morgan fingerprint density at radius 3 is 2.72 bits per heavy atom. The van der Waals surface area contributed by atoms with Crippen LogP contribution < -0.4 is 4.74 Å². The molecule has 0 aliphatic heterocycles. The number of aliphatic hydroxyl groups is 1. The highest BCUT2D eigenvalue weighted by Crippen LogP contribution is 2.41. The Labute approximate surface area is 166 Å². The number of alkyl halides is 2. The first-order valence-electron chi connectivity index (χ1n) is 8.26. The van der Waals surface area contributed by atoms with Crippen molar-refractivity contribution in [1.82, 2.24) is 29.3 Å². The van der Waals surface area contributed by atoms with Gasteiger partial charge in [-0.15, -0.1) is 0 Å². The van der Waals surface area contributed by atoms with E-state index in [0.717, 1.165) is 0 Å². The van der Waals surface area contributed by atoms with Gasteiger partial charge in [0.15, 0.2) is 23.6 Å². The van der Waals surface area contributed by atoms with E-state index in [1.165, 1.54) is 24.2 Å². The fraction of sp³-hybridized carbons (Fsp3) is 0.235. The second-order valence-corrected chi connectivity index (χ2v) is 6.53. The molecule has 12 heteroatoms. The maximum Gasteiger partial charge on any atom is 0.271 e. The number of halogens is 4. The lowest BCUT2D eigenvalue weighted by atomic mass is 10.2. The zero-order chi connectivity index (χ0) is 20.9. The third-order valence-corrected chi connectivity index (χ3v) is 4.87. The van der Waals surface area contributed by atoms with Gasteiger partial charge >= 0.3 is 0 Å². The van der Waals surface area contributed by atoms with E-state index in [2.05, 4.69) is 20.2 Å². The molecule has 0 bridgehead atoms. The SMILES string of the molecule is COc1cc2c(-n3ccnc3)c(-c3n[nH]c([C@H](O)C(F)F)n3)n(C)c2c(F)c1Cl. The van der Waals surface area contributed by atoms with Crippen LogP contribution >= 0.6 is 11.6 Å². The van der Waals surface area contributed by atoms with Gasteiger partial charge < -0.3 is 19.0 Å². The fourth-order valence-corrected chi connectivity index (χ4v) is 3.41. The van der Waals surface area contributed by atoms with Crippen LogP contribution in [0.5, 0.6) is 5.75 Å². The first-order valence-corrected chi connectivity index (χ1v) is 8.64. The van der Waals surface area contributed by atoms with E-state index < -0.39 is 24.2 Å². The summed E-state index contributed by atoms with van der Waals surface area (Å²) in [5.74, 6) is -1.03. The summed E-state index contributed by atoms with van der Waals surface area (Å²) in [4.78, 5) is 7.99. The van der Waals surface area contributed by atoms with E-state index in [1.807, 2.05) is 0 Å². The molecule has 0 spiro atoms. The number of rotatable bonds is 5. The van der Waals surface area contributed by atoms with E-state index >= 15 is 4.39 Å². The van der Waals surface area contributed by atoms with Gasteiger partial charge in [0.1, 0.15) is 16.5 Å². The monoisotopic (exact) mass is 426 g/mol. The summed E-state index contributed by atoms with van der Waals surface area (Å²) in [5, 5.41) is 16.0. The molecule has 0 amide bonds. The summed E-state index contributed by atoms with van der Waals surface area (Å²) in [6, 6.07) is 1.56. The molecule has 0 fully saturated rings. The number of aliphatic hydroxyl groups excluding tert-OH is 1. The third kappa shape index (κ3) is 2.93. The Kier molecular flexibility index (Phi) is 4.71. The normalized spacial score (nSPS) is 12.8. The number of H-pyrrole nitrogens is 1. The van der Waals surface area contributed by atoms with Crippen LogP contribution in [-0.4, -0.2) is 47.9 Å². The second kappa shape index (κ2) is 7.08. The topological polar surface area (TPSA) is 93.8 Å². The number of ether oxygens (including phenoxy) is 1. The minimum atomic E-state index is -3.04. The summed E-state index contributed by atoms with van der Waals surface area (Å²) >= 11 is 6.07. The van der Waals surface area contributed by atoms with Gasteiger partial charge in [-0.3, -0.25) is 5.10 Å². The van der Waals surface area contributed by atoms with Gasteiger partial charge in [0.2, 0.25) is 0 Å². The van der Waals surface area contributed by atoms with Gasteiger partial charge in [0, 0.05) is 24.8 Å². The highest BCUT2D eigenvalue weighted by molar-refractivity contribution is 6.33. The van der Waals surface area contributed by atoms with Crippen LogP contribution in [0.2, 0.25) is 5.02 Å². The van der Waals surface area contributed by atoms with Crippen LogP contribution in [0, 0.1) is 5.82 Å². The van der Waals surface area contributed by atoms with E-state index in [1.54, 1.807) is 23.9 Å². The molecule has 0 radical (unpaired) electrons. The summed E-state index contributed by atoms with van der Waals surface area (Å²) in [6.45, 7) is 0. The summed E-state index contributed by atoms with van der Waals surface area (Å²) in [6.07, 6.45) is -0.542. The van der Waals surface area contributed by atoms with Gasteiger partial charge in [-0.05, 0) is 6.07 Å². The number of methoxy groups -OCH3 is 1. The lowest BCUT2D eigenvalue weighted by Crippen LogP contribution is -2.09. The largest absolute Gasteiger partial charge is 0.495 e. The molecule has 4 aromatic rings. The molecule has 2 N–H and O–H groups in total. The zero-order valence-corrected chi connectivity index (χ0v) is 15.8. The van der Waals surface area contributed by atoms with Crippen molar-refractivity contribution in [2.75, 3.05) is 7.11 Å². The summed E-state index contributed by atoms with van der Waals surface area (Å²) in [7, 11) is 2.92. The highest BCUT2D eigenvalue weighted by Gasteiger charge is 2.28. The van der Waals surface area contributed by atoms with E-state index in [-0.39, 0.29) is 22.1 Å². The standard InChI is InChI=1S/C17H14ClF3N6O2/c1-26-11-7(5-8(29-2)9(18)10(11)19)12(27-4-3-22-6-27)13(26)16-23-17(25-24-16)14(28)15(20)21/h3-6,14-15,28H,1-2H3,(H,23,24,25)/t14-/m1/s1. The number of aryl methyl sites for hydroxylation is 1. The molecule has 0 unspecified atom stereocenters. The van der Waals surface area contributed by atoms with Crippen LogP contribution in [0.25, 0.3) is 28.1 Å². The zero-order valence-electron chi connectivity index (χ0n) is 15.1. The number of aromatic amines is 1. The van der Waals surface area contributed by atoms with Gasteiger partial charge in [0.25, 0.3) is 6.43 Å². The highest BCUT2D eigenvalue weighted by atomic mass is 35.5. The predicted octanol–water partition coefficient (Wildman–Crippen LogP) is 3.25. The van der Waals surface area contributed by atoms with E-state index in [0.29, 0.717) is 16.8 Å². The Bertz CT molecular complexity index is 1190. The van der Waals surface area contributed by atoms with Crippen LogP contribution in [0.3, 0.4) is 0 Å². The minimum absolute atomic E-state index is 0.0170. The number of imidazole rings is 1. The molecular formula is C17H14ClF3N6O2. The third-order valence-electron chi connectivity index (χ3n) is 4.51. The van der Waals surface area contributed by atoms with Crippen molar-refractivity contribution in [3.8, 4) is 23.0 Å². The second-order valence-electron chi connectivity index (χ2n) is 6.15. The molecule has 3 heterocycles. The van der Waals surface area contributed by atoms with Gasteiger partial charge in [-0.1, -0.05) is 11.6 Å². The number of hydrogen-bond acceptors (Lipinski definition) is 5. The van der Waals surface area contributed by atoms with E-state index in [9.17, 15) is 13.9 Å². The van der Waals surface area contributed by atoms with Crippen molar-refractivity contribution in [2.45, 2.75) is 12.5 Å². The van der Waals surface area contributed by atoms with Crippen molar-refractivity contribution < 1.29 is 23.0 Å². The Morgan fingerprint density at radius 1 is 1.34 bits per heavy atom. The molecule has 0 aliphatic carbocycles. The van der Waals surface area contributed by atoms with Crippen molar-refractivity contribution in [1.29, 1.82) is 0 Å². The maximum absolute atomic E-state index is 15.1. The molecule has 0 aliphatic rings. The van der Waals surface area contributed by atoms with Gasteiger partial charge in [-0.25, -0.2) is 23.1 Å². The number of nitrogens with zero attached hydrogens (tertiary/aromatic N) is 5. The molecule has 152 valence electrons. The first kappa shape index (κ1) is 19.3. The molecule has 1 atom stereocenters. The maximum atomic E-state index is 15.1. The fourth-order valence-electron chi connectivity index (χ4n) is 3.19. The lowest BCUT2D eigenvalue weighted by molar-refractivity contribution is -0.0106. The van der Waals surface area contributed by atoms with Crippen molar-refractivity contribution in [3.63, 3.8) is 0 Å². The number of benzene rings is 1. The number of fused-ring (bicyclic) bond motifs is 1. The van der Waals surface area contributed by atoms with Crippen LogP contribution in [0.15, 0.2) is 24.8 Å². The molecule has 1 aromatic carbocycles. The minimum Gasteiger partial charge on any atom is -0.495 e. The van der Waals surface area contributed by atoms with Crippen molar-refractivity contribution in [2.24, 2.45) is 7.05 Å². The molecule has 3 aromatic heterocycles. The molecule has 0 saturated heterocycles. The van der Waals surface area contributed by atoms with Gasteiger partial charge in [0.05, 0.1) is 24.6 Å². The first-order chi connectivity index (χ1) is 13.8. The smallest absolute Gasteiger partial charge is 0.271 e. The van der Waals surface area contributed by atoms with Crippen molar-refractivity contribution >= 4 is 22.5 Å². The number of aromatic nitrogens is 6. The average molecular weight is 427 g/mol. The van der Waals surface area contributed by atoms with Crippen LogP contribution in [0.4, 0.5) is 13.2 Å². The molecule has 0 saturated carbocycles. The van der Waals surface area contributed by atoms with E-state index in [4.69, 9.17) is 16.3 Å². The summed E-state index contributed by atoms with van der Waals surface area (Å²) in [5.41, 5.74) is 0.867. The molecule has 29 heavy (non-hydrogen) atoms. The number of hydrogen-bond donors (Lipinski definition) is 2. The van der Waals surface area contributed by atoms with Gasteiger partial charge in [-0.2, -0.15) is 5.10 Å².